The lowest BCUT2D eigenvalue weighted by molar-refractivity contribution is 0.0703. The molecule has 6 nitrogen and oxygen atoms in total. The van der Waals surface area contributed by atoms with Crippen molar-refractivity contribution in [2.75, 3.05) is 20.1 Å². The number of nitrogens with zero attached hydrogens (tertiary/aromatic N) is 3. The molecule has 0 aromatic carbocycles. The van der Waals surface area contributed by atoms with Gasteiger partial charge in [-0.05, 0) is 32.0 Å². The summed E-state index contributed by atoms with van der Waals surface area (Å²) in [7, 11) is 3.88. The Labute approximate surface area is 164 Å². The van der Waals surface area contributed by atoms with Crippen molar-refractivity contribution < 1.29 is 9.21 Å². The van der Waals surface area contributed by atoms with Crippen molar-refractivity contribution in [2.24, 2.45) is 7.05 Å². The van der Waals surface area contributed by atoms with Crippen LogP contribution in [-0.2, 0) is 12.8 Å². The summed E-state index contributed by atoms with van der Waals surface area (Å²) in [5.74, 6) is 1.89. The number of likely N-dealkylation sites (tertiary alicyclic amines) is 1. The van der Waals surface area contributed by atoms with E-state index in [0.29, 0.717) is 11.5 Å². The molecule has 0 aliphatic carbocycles. The van der Waals surface area contributed by atoms with Gasteiger partial charge in [0.1, 0.15) is 5.76 Å². The highest BCUT2D eigenvalue weighted by Crippen LogP contribution is 2.24. The zero-order valence-corrected chi connectivity index (χ0v) is 16.8. The molecule has 1 amide bonds. The van der Waals surface area contributed by atoms with Crippen LogP contribution in [0.5, 0.6) is 0 Å². The van der Waals surface area contributed by atoms with E-state index >= 15 is 0 Å². The van der Waals surface area contributed by atoms with Crippen molar-refractivity contribution in [3.63, 3.8) is 0 Å². The third-order valence-corrected chi connectivity index (χ3v) is 5.15. The van der Waals surface area contributed by atoms with E-state index in [9.17, 15) is 4.79 Å². The molecule has 0 spiro atoms. The molecule has 1 aliphatic rings. The third-order valence-electron chi connectivity index (χ3n) is 4.07. The average molecular weight is 407 g/mol. The first-order valence-corrected chi connectivity index (χ1v) is 8.82. The van der Waals surface area contributed by atoms with Crippen LogP contribution in [0.1, 0.15) is 29.2 Å². The molecule has 9 heteroatoms. The Balaban J connectivity index is 0.00000156. The predicted molar refractivity (Wildman–Crippen MR) is 104 cm³/mol. The van der Waals surface area contributed by atoms with E-state index in [1.807, 2.05) is 35.8 Å². The number of carbonyl (C=O) groups is 1. The molecule has 0 bridgehead atoms. The summed E-state index contributed by atoms with van der Waals surface area (Å²) in [5.41, 5.74) is 0. The lowest BCUT2D eigenvalue weighted by Gasteiger charge is -2.23. The molecular formula is C16H24Cl2N4O2S. The van der Waals surface area contributed by atoms with E-state index in [4.69, 9.17) is 4.42 Å². The topological polar surface area (TPSA) is 63.3 Å². The van der Waals surface area contributed by atoms with Crippen LogP contribution in [-0.4, -0.2) is 46.5 Å². The van der Waals surface area contributed by atoms with Gasteiger partial charge in [0.15, 0.2) is 10.9 Å². The quantitative estimate of drug-likeness (QED) is 0.746. The number of rotatable bonds is 6. The van der Waals surface area contributed by atoms with Crippen LogP contribution >= 0.6 is 36.6 Å². The lowest BCUT2D eigenvalue weighted by atomic mass is 10.2. The number of likely N-dealkylation sites (N-methyl/N-ethyl adjacent to an activating group) is 1. The first-order valence-electron chi connectivity index (χ1n) is 7.83. The summed E-state index contributed by atoms with van der Waals surface area (Å²) in [6.45, 7) is 1.64. The van der Waals surface area contributed by atoms with Crippen molar-refractivity contribution >= 4 is 42.5 Å². The number of thioether (sulfide) groups is 1. The second-order valence-corrected chi connectivity index (χ2v) is 6.67. The largest absolute Gasteiger partial charge is 0.455 e. The molecule has 1 aliphatic heterocycles. The predicted octanol–water partition coefficient (Wildman–Crippen LogP) is 2.97. The van der Waals surface area contributed by atoms with E-state index in [0.717, 1.165) is 36.8 Å². The second kappa shape index (κ2) is 10.1. The molecular weight excluding hydrogens is 383 g/mol. The molecule has 1 fully saturated rings. The summed E-state index contributed by atoms with van der Waals surface area (Å²) in [5, 5.41) is 4.09. The molecule has 0 saturated carbocycles. The van der Waals surface area contributed by atoms with Gasteiger partial charge in [-0.25, -0.2) is 4.98 Å². The van der Waals surface area contributed by atoms with Crippen LogP contribution < -0.4 is 5.32 Å². The highest BCUT2D eigenvalue weighted by atomic mass is 35.5. The Morgan fingerprint density at radius 2 is 2.24 bits per heavy atom. The van der Waals surface area contributed by atoms with E-state index < -0.39 is 0 Å². The Morgan fingerprint density at radius 1 is 1.44 bits per heavy atom. The van der Waals surface area contributed by atoms with Crippen LogP contribution in [0, 0.1) is 0 Å². The smallest absolute Gasteiger partial charge is 0.289 e. The van der Waals surface area contributed by atoms with Gasteiger partial charge >= 0.3 is 0 Å². The normalized spacial score (nSPS) is 16.4. The van der Waals surface area contributed by atoms with Crippen LogP contribution in [0.25, 0.3) is 0 Å². The highest BCUT2D eigenvalue weighted by Gasteiger charge is 2.30. The fraction of sp³-hybridized carbons (Fsp3) is 0.500. The van der Waals surface area contributed by atoms with Crippen LogP contribution in [0.15, 0.2) is 34.1 Å². The maximum absolute atomic E-state index is 12.6. The van der Waals surface area contributed by atoms with E-state index in [1.54, 1.807) is 24.0 Å². The Morgan fingerprint density at radius 3 is 2.92 bits per heavy atom. The molecule has 25 heavy (non-hydrogen) atoms. The second-order valence-electron chi connectivity index (χ2n) is 5.73. The molecule has 1 saturated heterocycles. The number of imidazole rings is 1. The standard InChI is InChI=1S/C16H22N4O2S.2ClH/c1-17-10-12-4-3-8-20(12)15(21)14-6-5-13(22-14)11-23-16-18-7-9-19(16)2;;/h5-7,9,12,17H,3-4,8,10-11H2,1-2H3;2*1H. The van der Waals surface area contributed by atoms with Gasteiger partial charge in [-0.2, -0.15) is 0 Å². The molecule has 140 valence electrons. The highest BCUT2D eigenvalue weighted by molar-refractivity contribution is 7.98. The Hall–Kier alpha value is -1.15. The van der Waals surface area contributed by atoms with Gasteiger partial charge in [-0.1, -0.05) is 11.8 Å². The molecule has 1 unspecified atom stereocenters. The molecule has 1 N–H and O–H groups in total. The van der Waals surface area contributed by atoms with Crippen molar-refractivity contribution in [1.82, 2.24) is 19.8 Å². The average Bonchev–Trinajstić information content (AvgIpc) is 3.26. The first kappa shape index (κ1) is 21.9. The molecule has 3 rings (SSSR count). The SMILES string of the molecule is CNCC1CCCN1C(=O)c1ccc(CSc2nccn2C)o1.Cl.Cl. The van der Waals surface area contributed by atoms with E-state index in [2.05, 4.69) is 10.3 Å². The molecule has 2 aromatic heterocycles. The number of hydrogen-bond donors (Lipinski definition) is 1. The summed E-state index contributed by atoms with van der Waals surface area (Å²) < 4.78 is 7.72. The lowest BCUT2D eigenvalue weighted by Crippen LogP contribution is -2.40. The van der Waals surface area contributed by atoms with Crippen molar-refractivity contribution in [3.8, 4) is 0 Å². The first-order chi connectivity index (χ1) is 11.2. The van der Waals surface area contributed by atoms with Crippen LogP contribution in [0.4, 0.5) is 0 Å². The van der Waals surface area contributed by atoms with Crippen molar-refractivity contribution in [3.05, 3.63) is 36.0 Å². The molecule has 2 aromatic rings. The molecule has 0 radical (unpaired) electrons. The summed E-state index contributed by atoms with van der Waals surface area (Å²) in [6, 6.07) is 3.93. The number of aryl methyl sites for hydroxylation is 1. The maximum Gasteiger partial charge on any atom is 0.289 e. The van der Waals surface area contributed by atoms with E-state index in [-0.39, 0.29) is 36.8 Å². The summed E-state index contributed by atoms with van der Waals surface area (Å²) in [4.78, 5) is 18.8. The molecule has 3 heterocycles. The monoisotopic (exact) mass is 406 g/mol. The molecule has 1 atom stereocenters. The van der Waals surface area contributed by atoms with Crippen molar-refractivity contribution in [2.45, 2.75) is 29.8 Å². The minimum Gasteiger partial charge on any atom is -0.455 e. The summed E-state index contributed by atoms with van der Waals surface area (Å²) in [6.07, 6.45) is 5.79. The Kier molecular flexibility index (Phi) is 8.85. The number of halogens is 2. The minimum atomic E-state index is -0.00371. The number of carbonyl (C=O) groups excluding carboxylic acids is 1. The summed E-state index contributed by atoms with van der Waals surface area (Å²) >= 11 is 1.60. The van der Waals surface area contributed by atoms with Gasteiger partial charge in [0.05, 0.1) is 5.75 Å². The minimum absolute atomic E-state index is 0. The van der Waals surface area contributed by atoms with Gasteiger partial charge in [0.2, 0.25) is 0 Å². The van der Waals surface area contributed by atoms with Gasteiger partial charge < -0.3 is 19.2 Å². The number of furan rings is 1. The van der Waals surface area contributed by atoms with Crippen molar-refractivity contribution in [1.29, 1.82) is 0 Å². The number of nitrogens with one attached hydrogen (secondary N) is 1. The van der Waals surface area contributed by atoms with Crippen LogP contribution in [0.3, 0.4) is 0 Å². The number of aromatic nitrogens is 2. The zero-order chi connectivity index (χ0) is 16.2. The Bertz CT molecular complexity index is 677. The van der Waals surface area contributed by atoms with Gasteiger partial charge in [-0.3, -0.25) is 4.79 Å². The van der Waals surface area contributed by atoms with Gasteiger partial charge in [0.25, 0.3) is 5.91 Å². The number of amides is 1. The fourth-order valence-corrected chi connectivity index (χ4v) is 3.72. The van der Waals surface area contributed by atoms with Gasteiger partial charge in [-0.15, -0.1) is 24.8 Å². The fourth-order valence-electron chi connectivity index (χ4n) is 2.89. The number of hydrogen-bond acceptors (Lipinski definition) is 5. The van der Waals surface area contributed by atoms with Gasteiger partial charge in [0, 0.05) is 38.6 Å². The van der Waals surface area contributed by atoms with E-state index in [1.165, 1.54) is 0 Å². The zero-order valence-electron chi connectivity index (χ0n) is 14.3. The maximum atomic E-state index is 12.6. The third kappa shape index (κ3) is 5.17. The van der Waals surface area contributed by atoms with Crippen LogP contribution in [0.2, 0.25) is 0 Å².